The first kappa shape index (κ1) is 15.3. The summed E-state index contributed by atoms with van der Waals surface area (Å²) in [5, 5.41) is 9.96. The maximum atomic E-state index is 9.35. The first-order chi connectivity index (χ1) is 10.6. The molecular formula is C17H15Cl2N3. The molecule has 112 valence electrons. The third-order valence-electron chi connectivity index (χ3n) is 4.01. The van der Waals surface area contributed by atoms with Gasteiger partial charge in [-0.3, -0.25) is 4.90 Å². The molecular weight excluding hydrogens is 317 g/mol. The van der Waals surface area contributed by atoms with Gasteiger partial charge in [0, 0.05) is 25.2 Å². The summed E-state index contributed by atoms with van der Waals surface area (Å²) < 4.78 is 0. The van der Waals surface area contributed by atoms with Gasteiger partial charge in [0.1, 0.15) is 16.4 Å². The molecule has 3 nitrogen and oxygen atoms in total. The molecule has 0 saturated heterocycles. The van der Waals surface area contributed by atoms with Gasteiger partial charge in [0.05, 0.1) is 5.56 Å². The van der Waals surface area contributed by atoms with Crippen molar-refractivity contribution in [2.45, 2.75) is 25.9 Å². The third kappa shape index (κ3) is 2.83. The van der Waals surface area contributed by atoms with Gasteiger partial charge in [-0.2, -0.15) is 5.26 Å². The first-order valence-corrected chi connectivity index (χ1v) is 7.90. The number of hydrogen-bond acceptors (Lipinski definition) is 3. The monoisotopic (exact) mass is 331 g/mol. The van der Waals surface area contributed by atoms with Crippen molar-refractivity contribution in [3.05, 3.63) is 62.9 Å². The second-order valence-electron chi connectivity index (χ2n) is 5.63. The average molecular weight is 332 g/mol. The number of hydrogen-bond donors (Lipinski definition) is 0. The standard InChI is InChI=1S/C17H15Cl2N3/c1-11-8-22(9-12-5-3-2-4-6-12)10-14-15(11)13(7-20)16(18)21-17(14)19/h2-6,11H,8-10H2,1H3. The number of nitrogens with zero attached hydrogens (tertiary/aromatic N) is 3. The molecule has 0 radical (unpaired) electrons. The van der Waals surface area contributed by atoms with Crippen molar-refractivity contribution in [3.63, 3.8) is 0 Å². The van der Waals surface area contributed by atoms with Crippen LogP contribution < -0.4 is 0 Å². The van der Waals surface area contributed by atoms with Gasteiger partial charge in [0.15, 0.2) is 0 Å². The van der Waals surface area contributed by atoms with Crippen LogP contribution in [0.25, 0.3) is 0 Å². The minimum atomic E-state index is 0.195. The summed E-state index contributed by atoms with van der Waals surface area (Å²) in [6.07, 6.45) is 0. The van der Waals surface area contributed by atoms with E-state index in [4.69, 9.17) is 23.2 Å². The number of aromatic nitrogens is 1. The van der Waals surface area contributed by atoms with Crippen molar-refractivity contribution in [1.29, 1.82) is 5.26 Å². The van der Waals surface area contributed by atoms with Crippen LogP contribution >= 0.6 is 23.2 Å². The van der Waals surface area contributed by atoms with Crippen LogP contribution in [-0.2, 0) is 13.1 Å². The Morgan fingerprint density at radius 2 is 2.00 bits per heavy atom. The Morgan fingerprint density at radius 3 is 2.68 bits per heavy atom. The maximum Gasteiger partial charge on any atom is 0.148 e. The van der Waals surface area contributed by atoms with Gasteiger partial charge in [-0.25, -0.2) is 4.98 Å². The lowest BCUT2D eigenvalue weighted by Gasteiger charge is -2.34. The molecule has 22 heavy (non-hydrogen) atoms. The zero-order valence-corrected chi connectivity index (χ0v) is 13.7. The molecule has 5 heteroatoms. The lowest BCUT2D eigenvalue weighted by atomic mass is 9.89. The summed E-state index contributed by atoms with van der Waals surface area (Å²) >= 11 is 12.3. The Balaban J connectivity index is 1.95. The molecule has 0 fully saturated rings. The SMILES string of the molecule is CC1CN(Cc2ccccc2)Cc2c(Cl)nc(Cl)c(C#N)c21. The highest BCUT2D eigenvalue weighted by atomic mass is 35.5. The van der Waals surface area contributed by atoms with E-state index in [1.165, 1.54) is 5.56 Å². The fourth-order valence-corrected chi connectivity index (χ4v) is 3.63. The van der Waals surface area contributed by atoms with Gasteiger partial charge in [-0.05, 0) is 17.0 Å². The summed E-state index contributed by atoms with van der Waals surface area (Å²) in [7, 11) is 0. The van der Waals surface area contributed by atoms with Crippen molar-refractivity contribution in [1.82, 2.24) is 9.88 Å². The number of pyridine rings is 1. The van der Waals surface area contributed by atoms with Gasteiger partial charge in [-0.15, -0.1) is 0 Å². The van der Waals surface area contributed by atoms with E-state index >= 15 is 0 Å². The average Bonchev–Trinajstić information content (AvgIpc) is 2.49. The van der Waals surface area contributed by atoms with E-state index in [1.54, 1.807) is 0 Å². The number of rotatable bonds is 2. The van der Waals surface area contributed by atoms with Crippen LogP contribution in [0.4, 0.5) is 0 Å². The molecule has 0 N–H and O–H groups in total. The summed E-state index contributed by atoms with van der Waals surface area (Å²) in [6.45, 7) is 4.51. The molecule has 1 atom stereocenters. The molecule has 1 aliphatic heterocycles. The van der Waals surface area contributed by atoms with Crippen LogP contribution in [0.1, 0.15) is 35.1 Å². The molecule has 2 aromatic rings. The fourth-order valence-electron chi connectivity index (χ4n) is 3.11. The molecule has 1 aliphatic rings. The quantitative estimate of drug-likeness (QED) is 0.766. The maximum absolute atomic E-state index is 9.35. The molecule has 1 aromatic heterocycles. The highest BCUT2D eigenvalue weighted by Gasteiger charge is 2.29. The van der Waals surface area contributed by atoms with Crippen LogP contribution in [0.3, 0.4) is 0 Å². The zero-order chi connectivity index (χ0) is 15.7. The predicted octanol–water partition coefficient (Wildman–Crippen LogP) is 4.38. The largest absolute Gasteiger partial charge is 0.294 e. The Bertz CT molecular complexity index is 738. The second-order valence-corrected chi connectivity index (χ2v) is 6.34. The summed E-state index contributed by atoms with van der Waals surface area (Å²) in [5.41, 5.74) is 3.61. The molecule has 0 saturated carbocycles. The zero-order valence-electron chi connectivity index (χ0n) is 12.2. The van der Waals surface area contributed by atoms with Gasteiger partial charge >= 0.3 is 0 Å². The van der Waals surface area contributed by atoms with E-state index in [1.807, 2.05) is 18.2 Å². The van der Waals surface area contributed by atoms with Crippen molar-refractivity contribution in [2.24, 2.45) is 0 Å². The number of benzene rings is 1. The van der Waals surface area contributed by atoms with Gasteiger partial charge in [0.25, 0.3) is 0 Å². The van der Waals surface area contributed by atoms with Crippen LogP contribution in [-0.4, -0.2) is 16.4 Å². The highest BCUT2D eigenvalue weighted by Crippen LogP contribution is 2.37. The van der Waals surface area contributed by atoms with Gasteiger partial charge < -0.3 is 0 Å². The predicted molar refractivity (Wildman–Crippen MR) is 87.9 cm³/mol. The Kier molecular flexibility index (Phi) is 4.35. The Labute approximate surface area is 140 Å². The third-order valence-corrected chi connectivity index (χ3v) is 4.60. The smallest absolute Gasteiger partial charge is 0.148 e. The fraction of sp³-hybridized carbons (Fsp3) is 0.294. The summed E-state index contributed by atoms with van der Waals surface area (Å²) in [6, 6.07) is 12.5. The van der Waals surface area contributed by atoms with E-state index in [2.05, 4.69) is 35.0 Å². The van der Waals surface area contributed by atoms with E-state index in [-0.39, 0.29) is 11.1 Å². The molecule has 1 unspecified atom stereocenters. The Hall–Kier alpha value is -1.60. The first-order valence-electron chi connectivity index (χ1n) is 7.14. The molecule has 0 spiro atoms. The van der Waals surface area contributed by atoms with E-state index in [9.17, 15) is 5.26 Å². The normalized spacial score (nSPS) is 17.8. The van der Waals surface area contributed by atoms with Gasteiger partial charge in [-0.1, -0.05) is 60.5 Å². The molecule has 2 heterocycles. The molecule has 0 bridgehead atoms. The molecule has 3 rings (SSSR count). The number of fused-ring (bicyclic) bond motifs is 1. The van der Waals surface area contributed by atoms with Crippen molar-refractivity contribution < 1.29 is 0 Å². The topological polar surface area (TPSA) is 39.9 Å². The second kappa shape index (κ2) is 6.26. The van der Waals surface area contributed by atoms with E-state index in [0.717, 1.165) is 24.2 Å². The summed E-state index contributed by atoms with van der Waals surface area (Å²) in [5.74, 6) is 0.195. The van der Waals surface area contributed by atoms with Crippen molar-refractivity contribution in [3.8, 4) is 6.07 Å². The van der Waals surface area contributed by atoms with Crippen molar-refractivity contribution >= 4 is 23.2 Å². The van der Waals surface area contributed by atoms with Crippen LogP contribution in [0.15, 0.2) is 30.3 Å². The van der Waals surface area contributed by atoms with E-state index < -0.39 is 0 Å². The lowest BCUT2D eigenvalue weighted by Crippen LogP contribution is -2.33. The number of halogens is 2. The van der Waals surface area contributed by atoms with Crippen LogP contribution in [0, 0.1) is 11.3 Å². The Morgan fingerprint density at radius 1 is 1.27 bits per heavy atom. The van der Waals surface area contributed by atoms with Gasteiger partial charge in [0.2, 0.25) is 0 Å². The van der Waals surface area contributed by atoms with Crippen LogP contribution in [0.5, 0.6) is 0 Å². The van der Waals surface area contributed by atoms with Crippen molar-refractivity contribution in [2.75, 3.05) is 6.54 Å². The molecule has 1 aromatic carbocycles. The molecule has 0 amide bonds. The minimum Gasteiger partial charge on any atom is -0.294 e. The van der Waals surface area contributed by atoms with E-state index in [0.29, 0.717) is 17.3 Å². The number of nitriles is 1. The summed E-state index contributed by atoms with van der Waals surface area (Å²) in [4.78, 5) is 6.44. The highest BCUT2D eigenvalue weighted by molar-refractivity contribution is 6.33. The molecule has 0 aliphatic carbocycles. The minimum absolute atomic E-state index is 0.195. The lowest BCUT2D eigenvalue weighted by molar-refractivity contribution is 0.226. The van der Waals surface area contributed by atoms with Crippen LogP contribution in [0.2, 0.25) is 10.3 Å².